The van der Waals surface area contributed by atoms with Gasteiger partial charge in [0.05, 0.1) is 20.9 Å². The van der Waals surface area contributed by atoms with Crippen LogP contribution in [0, 0.1) is 5.82 Å². The van der Waals surface area contributed by atoms with Crippen molar-refractivity contribution in [3.05, 3.63) is 28.2 Å². The molecule has 0 amide bonds. The molecule has 1 aliphatic carbocycles. The van der Waals surface area contributed by atoms with Crippen molar-refractivity contribution in [3.63, 3.8) is 0 Å². The van der Waals surface area contributed by atoms with E-state index < -0.39 is 0 Å². The SMILES string of the molecule is CC(Cl)c1nc2cc(Br)c(F)cc2n1C1CCCC1. The van der Waals surface area contributed by atoms with Gasteiger partial charge in [-0.05, 0) is 41.8 Å². The van der Waals surface area contributed by atoms with Crippen molar-refractivity contribution in [2.75, 3.05) is 0 Å². The average molecular weight is 346 g/mol. The zero-order valence-corrected chi connectivity index (χ0v) is 13.0. The minimum absolute atomic E-state index is 0.171. The summed E-state index contributed by atoms with van der Waals surface area (Å²) in [7, 11) is 0. The molecule has 2 aromatic rings. The van der Waals surface area contributed by atoms with Gasteiger partial charge >= 0.3 is 0 Å². The Morgan fingerprint density at radius 2 is 2.11 bits per heavy atom. The zero-order chi connectivity index (χ0) is 13.6. The second kappa shape index (κ2) is 5.06. The second-order valence-electron chi connectivity index (χ2n) is 5.15. The fourth-order valence-corrected chi connectivity index (χ4v) is 3.42. The van der Waals surface area contributed by atoms with E-state index >= 15 is 0 Å². The third-order valence-corrected chi connectivity index (χ3v) is 4.61. The Hall–Kier alpha value is -0.610. The van der Waals surface area contributed by atoms with E-state index in [0.717, 1.165) is 29.7 Å². The summed E-state index contributed by atoms with van der Waals surface area (Å²) in [6.45, 7) is 1.92. The molecular formula is C14H15BrClFN2. The molecule has 19 heavy (non-hydrogen) atoms. The van der Waals surface area contributed by atoms with Crippen LogP contribution in [0.5, 0.6) is 0 Å². The molecule has 1 aromatic carbocycles. The highest BCUT2D eigenvalue weighted by Gasteiger charge is 2.25. The number of hydrogen-bond acceptors (Lipinski definition) is 1. The molecule has 1 unspecified atom stereocenters. The molecule has 1 aromatic heterocycles. The first-order valence-corrected chi connectivity index (χ1v) is 7.82. The summed E-state index contributed by atoms with van der Waals surface area (Å²) in [5.41, 5.74) is 1.66. The summed E-state index contributed by atoms with van der Waals surface area (Å²) in [5.74, 6) is 0.599. The Morgan fingerprint density at radius 1 is 1.42 bits per heavy atom. The highest BCUT2D eigenvalue weighted by atomic mass is 79.9. The first-order chi connectivity index (χ1) is 9.08. The number of fused-ring (bicyclic) bond motifs is 1. The molecule has 5 heteroatoms. The van der Waals surface area contributed by atoms with Crippen LogP contribution in [-0.2, 0) is 0 Å². The van der Waals surface area contributed by atoms with Gasteiger partial charge in [0.25, 0.3) is 0 Å². The predicted molar refractivity (Wildman–Crippen MR) is 79.2 cm³/mol. The Labute approximate surface area is 125 Å². The van der Waals surface area contributed by atoms with Crippen LogP contribution >= 0.6 is 27.5 Å². The number of nitrogens with zero attached hydrogens (tertiary/aromatic N) is 2. The molecule has 0 aliphatic heterocycles. The molecule has 3 rings (SSSR count). The normalized spacial score (nSPS) is 18.3. The molecule has 0 spiro atoms. The Kier molecular flexibility index (Phi) is 3.56. The van der Waals surface area contributed by atoms with Crippen molar-refractivity contribution < 1.29 is 4.39 Å². The maximum Gasteiger partial charge on any atom is 0.139 e. The lowest BCUT2D eigenvalue weighted by atomic mass is 10.2. The number of hydrogen-bond donors (Lipinski definition) is 0. The molecule has 0 N–H and O–H groups in total. The highest BCUT2D eigenvalue weighted by Crippen LogP contribution is 2.37. The van der Waals surface area contributed by atoms with Crippen LogP contribution in [0.15, 0.2) is 16.6 Å². The van der Waals surface area contributed by atoms with Crippen molar-refractivity contribution in [2.45, 2.75) is 44.0 Å². The van der Waals surface area contributed by atoms with Gasteiger partial charge in [-0.25, -0.2) is 9.37 Å². The van der Waals surface area contributed by atoms with E-state index in [1.807, 2.05) is 6.92 Å². The third kappa shape index (κ3) is 2.29. The average Bonchev–Trinajstić information content (AvgIpc) is 2.96. The fraction of sp³-hybridized carbons (Fsp3) is 0.500. The molecule has 1 heterocycles. The van der Waals surface area contributed by atoms with Gasteiger partial charge < -0.3 is 4.57 Å². The van der Waals surface area contributed by atoms with Crippen LogP contribution in [0.25, 0.3) is 11.0 Å². The van der Waals surface area contributed by atoms with Gasteiger partial charge in [-0.15, -0.1) is 11.6 Å². The highest BCUT2D eigenvalue weighted by molar-refractivity contribution is 9.10. The van der Waals surface area contributed by atoms with E-state index in [9.17, 15) is 4.39 Å². The summed E-state index contributed by atoms with van der Waals surface area (Å²) < 4.78 is 16.4. The van der Waals surface area contributed by atoms with Crippen molar-refractivity contribution in [3.8, 4) is 0 Å². The molecule has 0 bridgehead atoms. The Balaban J connectivity index is 2.25. The van der Waals surface area contributed by atoms with Crippen LogP contribution < -0.4 is 0 Å². The first-order valence-electron chi connectivity index (χ1n) is 6.59. The van der Waals surface area contributed by atoms with E-state index in [1.165, 1.54) is 12.8 Å². The number of halogens is 3. The summed E-state index contributed by atoms with van der Waals surface area (Å²) >= 11 is 9.46. The van der Waals surface area contributed by atoms with E-state index in [2.05, 4.69) is 25.5 Å². The van der Waals surface area contributed by atoms with Crippen LogP contribution in [0.3, 0.4) is 0 Å². The van der Waals surface area contributed by atoms with E-state index in [1.54, 1.807) is 12.1 Å². The fourth-order valence-electron chi connectivity index (χ4n) is 2.94. The minimum atomic E-state index is -0.250. The number of alkyl halides is 1. The lowest BCUT2D eigenvalue weighted by Gasteiger charge is -2.17. The molecule has 1 fully saturated rings. The smallest absolute Gasteiger partial charge is 0.139 e. The van der Waals surface area contributed by atoms with Crippen molar-refractivity contribution in [2.24, 2.45) is 0 Å². The molecule has 1 atom stereocenters. The lowest BCUT2D eigenvalue weighted by molar-refractivity contribution is 0.509. The van der Waals surface area contributed by atoms with Gasteiger partial charge in [0.15, 0.2) is 0 Å². The van der Waals surface area contributed by atoms with Crippen LogP contribution in [0.4, 0.5) is 4.39 Å². The molecule has 0 saturated heterocycles. The largest absolute Gasteiger partial charge is 0.324 e. The van der Waals surface area contributed by atoms with Crippen LogP contribution in [0.2, 0.25) is 0 Å². The Bertz CT molecular complexity index is 617. The van der Waals surface area contributed by atoms with Gasteiger partial charge in [-0.2, -0.15) is 0 Å². The van der Waals surface area contributed by atoms with Crippen molar-refractivity contribution in [1.82, 2.24) is 9.55 Å². The third-order valence-electron chi connectivity index (χ3n) is 3.80. The monoisotopic (exact) mass is 344 g/mol. The standard InChI is InChI=1S/C14H15BrClFN2/c1-8(16)14-18-12-6-10(15)11(17)7-13(12)19(14)9-4-2-3-5-9/h6-9H,2-5H2,1H3. The summed E-state index contributed by atoms with van der Waals surface area (Å²) in [6.07, 6.45) is 4.69. The zero-order valence-electron chi connectivity index (χ0n) is 10.7. The van der Waals surface area contributed by atoms with Gasteiger partial charge in [0, 0.05) is 12.1 Å². The number of rotatable bonds is 2. The lowest BCUT2D eigenvalue weighted by Crippen LogP contribution is -2.09. The number of benzene rings is 1. The van der Waals surface area contributed by atoms with Gasteiger partial charge in [-0.1, -0.05) is 12.8 Å². The maximum absolute atomic E-state index is 13.8. The summed E-state index contributed by atoms with van der Waals surface area (Å²) in [4.78, 5) is 4.59. The van der Waals surface area contributed by atoms with E-state index in [4.69, 9.17) is 11.6 Å². The van der Waals surface area contributed by atoms with Crippen LogP contribution in [-0.4, -0.2) is 9.55 Å². The minimum Gasteiger partial charge on any atom is -0.324 e. The quantitative estimate of drug-likeness (QED) is 0.671. The molecule has 102 valence electrons. The first kappa shape index (κ1) is 13.4. The summed E-state index contributed by atoms with van der Waals surface area (Å²) in [5, 5.41) is -0.171. The molecule has 0 radical (unpaired) electrons. The topological polar surface area (TPSA) is 17.8 Å². The van der Waals surface area contributed by atoms with E-state index in [-0.39, 0.29) is 11.2 Å². The maximum atomic E-state index is 13.8. The predicted octanol–water partition coefficient (Wildman–Crippen LogP) is 5.35. The number of imidazole rings is 1. The summed E-state index contributed by atoms with van der Waals surface area (Å²) in [6, 6.07) is 3.70. The van der Waals surface area contributed by atoms with Crippen molar-refractivity contribution >= 4 is 38.6 Å². The Morgan fingerprint density at radius 3 is 2.74 bits per heavy atom. The van der Waals surface area contributed by atoms with Crippen molar-refractivity contribution in [1.29, 1.82) is 0 Å². The van der Waals surface area contributed by atoms with E-state index in [0.29, 0.717) is 10.5 Å². The second-order valence-corrected chi connectivity index (χ2v) is 6.66. The van der Waals surface area contributed by atoms with Crippen LogP contribution in [0.1, 0.15) is 49.9 Å². The molecule has 2 nitrogen and oxygen atoms in total. The van der Waals surface area contributed by atoms with Gasteiger partial charge in [0.1, 0.15) is 11.6 Å². The molecule has 1 saturated carbocycles. The van der Waals surface area contributed by atoms with Gasteiger partial charge in [-0.3, -0.25) is 0 Å². The molecule has 1 aliphatic rings. The van der Waals surface area contributed by atoms with Gasteiger partial charge in [0.2, 0.25) is 0 Å². The number of aromatic nitrogens is 2. The molecular weight excluding hydrogens is 331 g/mol.